The van der Waals surface area contributed by atoms with Crippen LogP contribution in [0.15, 0.2) is 12.3 Å². The van der Waals surface area contributed by atoms with E-state index in [9.17, 15) is 14.0 Å². The molecule has 1 aromatic heterocycles. The topological polar surface area (TPSA) is 79.3 Å². The van der Waals surface area contributed by atoms with Gasteiger partial charge in [0.2, 0.25) is 0 Å². The first-order valence-corrected chi connectivity index (χ1v) is 5.19. The Morgan fingerprint density at radius 1 is 1.53 bits per heavy atom. The monoisotopic (exact) mass is 260 g/mol. The van der Waals surface area contributed by atoms with Crippen LogP contribution in [0.2, 0.25) is 5.15 Å². The third kappa shape index (κ3) is 4.36. The molecule has 0 aliphatic heterocycles. The van der Waals surface area contributed by atoms with Crippen LogP contribution >= 0.6 is 11.6 Å². The molecule has 0 bridgehead atoms. The van der Waals surface area contributed by atoms with Gasteiger partial charge in [0, 0.05) is 13.0 Å². The number of nitrogens with zero attached hydrogens (tertiary/aromatic N) is 1. The summed E-state index contributed by atoms with van der Waals surface area (Å²) in [5, 5.41) is 10.7. The van der Waals surface area contributed by atoms with Gasteiger partial charge in [-0.3, -0.25) is 9.59 Å². The van der Waals surface area contributed by atoms with E-state index in [1.807, 2.05) is 0 Å². The minimum atomic E-state index is -0.940. The fraction of sp³-hybridized carbons (Fsp3) is 0.300. The third-order valence-electron chi connectivity index (χ3n) is 1.90. The highest BCUT2D eigenvalue weighted by molar-refractivity contribution is 6.32. The molecule has 1 aromatic rings. The summed E-state index contributed by atoms with van der Waals surface area (Å²) in [5.41, 5.74) is -0.0676. The molecule has 1 rings (SSSR count). The number of amides is 1. The van der Waals surface area contributed by atoms with Crippen LogP contribution in [0.25, 0.3) is 0 Å². The van der Waals surface area contributed by atoms with Gasteiger partial charge in [-0.1, -0.05) is 11.6 Å². The van der Waals surface area contributed by atoms with Gasteiger partial charge in [0.05, 0.1) is 11.8 Å². The molecule has 5 nitrogen and oxygen atoms in total. The van der Waals surface area contributed by atoms with Crippen LogP contribution in [0, 0.1) is 5.82 Å². The number of rotatable bonds is 5. The summed E-state index contributed by atoms with van der Waals surface area (Å²) in [6.07, 6.45) is 1.15. The number of halogens is 2. The number of carbonyl (C=O) groups is 2. The van der Waals surface area contributed by atoms with E-state index in [2.05, 4.69) is 10.3 Å². The van der Waals surface area contributed by atoms with Crippen LogP contribution in [0.3, 0.4) is 0 Å². The number of pyridine rings is 1. The molecule has 7 heteroatoms. The first kappa shape index (κ1) is 13.4. The molecule has 0 unspecified atom stereocenters. The van der Waals surface area contributed by atoms with Crippen molar-refractivity contribution in [3.63, 3.8) is 0 Å². The minimum Gasteiger partial charge on any atom is -0.481 e. The highest BCUT2D eigenvalue weighted by atomic mass is 35.5. The first-order valence-electron chi connectivity index (χ1n) is 4.81. The molecule has 0 atom stereocenters. The van der Waals surface area contributed by atoms with Crippen molar-refractivity contribution in [3.8, 4) is 0 Å². The zero-order chi connectivity index (χ0) is 12.8. The van der Waals surface area contributed by atoms with Crippen molar-refractivity contribution in [2.75, 3.05) is 6.54 Å². The van der Waals surface area contributed by atoms with Crippen LogP contribution in [0.5, 0.6) is 0 Å². The Bertz CT molecular complexity index is 440. The molecule has 0 aromatic carbocycles. The second-order valence-corrected chi connectivity index (χ2v) is 3.60. The quantitative estimate of drug-likeness (QED) is 0.621. The van der Waals surface area contributed by atoms with E-state index in [4.69, 9.17) is 16.7 Å². The van der Waals surface area contributed by atoms with Gasteiger partial charge >= 0.3 is 5.97 Å². The van der Waals surface area contributed by atoms with E-state index in [0.717, 1.165) is 12.3 Å². The van der Waals surface area contributed by atoms with Crippen molar-refractivity contribution in [1.29, 1.82) is 0 Å². The number of carboxylic acid groups (broad SMARTS) is 1. The minimum absolute atomic E-state index is 0.0462. The van der Waals surface area contributed by atoms with Crippen LogP contribution in [-0.4, -0.2) is 28.5 Å². The summed E-state index contributed by atoms with van der Waals surface area (Å²) >= 11 is 5.62. The predicted molar refractivity (Wildman–Crippen MR) is 58.4 cm³/mol. The molecule has 0 radical (unpaired) electrons. The first-order chi connectivity index (χ1) is 8.00. The lowest BCUT2D eigenvalue weighted by Crippen LogP contribution is -2.25. The molecule has 92 valence electrons. The van der Waals surface area contributed by atoms with E-state index in [1.165, 1.54) is 0 Å². The van der Waals surface area contributed by atoms with Crippen LogP contribution in [0.4, 0.5) is 4.39 Å². The number of aliphatic carboxylic acids is 1. The van der Waals surface area contributed by atoms with E-state index < -0.39 is 17.7 Å². The Balaban J connectivity index is 2.52. The third-order valence-corrected chi connectivity index (χ3v) is 2.20. The molecule has 1 heterocycles. The standard InChI is InChI=1S/C10H10ClFN2O3/c11-9-7(4-6(12)5-14-9)10(17)13-3-1-2-8(15)16/h4-5H,1-3H2,(H,13,17)(H,15,16). The second-order valence-electron chi connectivity index (χ2n) is 3.25. The van der Waals surface area contributed by atoms with Gasteiger partial charge < -0.3 is 10.4 Å². The van der Waals surface area contributed by atoms with Gasteiger partial charge in [0.15, 0.2) is 0 Å². The van der Waals surface area contributed by atoms with Gasteiger partial charge in [-0.2, -0.15) is 0 Å². The molecule has 0 spiro atoms. The summed E-state index contributed by atoms with van der Waals surface area (Å²) in [6.45, 7) is 0.179. The maximum absolute atomic E-state index is 12.8. The molecule has 0 aliphatic carbocycles. The average molecular weight is 261 g/mol. The largest absolute Gasteiger partial charge is 0.481 e. The Hall–Kier alpha value is -1.69. The lowest BCUT2D eigenvalue weighted by molar-refractivity contribution is -0.137. The summed E-state index contributed by atoms with van der Waals surface area (Å²) in [7, 11) is 0. The fourth-order valence-electron chi connectivity index (χ4n) is 1.12. The summed E-state index contributed by atoms with van der Waals surface area (Å²) in [4.78, 5) is 25.2. The lowest BCUT2D eigenvalue weighted by Gasteiger charge is -2.05. The highest BCUT2D eigenvalue weighted by Crippen LogP contribution is 2.13. The van der Waals surface area contributed by atoms with Gasteiger partial charge in [0.1, 0.15) is 11.0 Å². The Kier molecular flexibility index (Phi) is 4.84. The SMILES string of the molecule is O=C(O)CCCNC(=O)c1cc(F)cnc1Cl. The van der Waals surface area contributed by atoms with Gasteiger partial charge in [-0.15, -0.1) is 0 Å². The van der Waals surface area contributed by atoms with Crippen molar-refractivity contribution < 1.29 is 19.1 Å². The summed E-state index contributed by atoms with van der Waals surface area (Å²) < 4.78 is 12.8. The van der Waals surface area contributed by atoms with Crippen molar-refractivity contribution in [2.24, 2.45) is 0 Å². The van der Waals surface area contributed by atoms with Crippen LogP contribution < -0.4 is 5.32 Å². The van der Waals surface area contributed by atoms with E-state index >= 15 is 0 Å². The van der Waals surface area contributed by atoms with Crippen molar-refractivity contribution in [2.45, 2.75) is 12.8 Å². The Morgan fingerprint density at radius 2 is 2.24 bits per heavy atom. The average Bonchev–Trinajstić information content (AvgIpc) is 2.27. The normalized spacial score (nSPS) is 10.0. The number of aromatic nitrogens is 1. The molecule has 0 saturated heterocycles. The molecular weight excluding hydrogens is 251 g/mol. The zero-order valence-electron chi connectivity index (χ0n) is 8.74. The van der Waals surface area contributed by atoms with Gasteiger partial charge in [-0.05, 0) is 12.5 Å². The summed E-state index contributed by atoms with van der Waals surface area (Å²) in [6, 6.07) is 0.974. The molecule has 0 aliphatic rings. The summed E-state index contributed by atoms with van der Waals surface area (Å²) in [5.74, 6) is -2.18. The lowest BCUT2D eigenvalue weighted by atomic mass is 10.2. The molecule has 17 heavy (non-hydrogen) atoms. The number of hydrogen-bond acceptors (Lipinski definition) is 3. The number of hydrogen-bond donors (Lipinski definition) is 2. The fourth-order valence-corrected chi connectivity index (χ4v) is 1.31. The molecule has 2 N–H and O–H groups in total. The van der Waals surface area contributed by atoms with E-state index in [1.54, 1.807) is 0 Å². The van der Waals surface area contributed by atoms with Crippen LogP contribution in [0.1, 0.15) is 23.2 Å². The van der Waals surface area contributed by atoms with Crippen molar-refractivity contribution in [3.05, 3.63) is 28.8 Å². The Labute approximate surface area is 102 Å². The maximum atomic E-state index is 12.8. The second kappa shape index (κ2) is 6.15. The van der Waals surface area contributed by atoms with Crippen molar-refractivity contribution >= 4 is 23.5 Å². The number of nitrogens with one attached hydrogen (secondary N) is 1. The predicted octanol–water partition coefficient (Wildman–Crippen LogP) is 1.47. The van der Waals surface area contributed by atoms with Crippen molar-refractivity contribution in [1.82, 2.24) is 10.3 Å². The number of carbonyl (C=O) groups excluding carboxylic acids is 1. The smallest absolute Gasteiger partial charge is 0.303 e. The van der Waals surface area contributed by atoms with E-state index in [0.29, 0.717) is 6.42 Å². The molecule has 1 amide bonds. The molecular formula is C10H10ClFN2O3. The Morgan fingerprint density at radius 3 is 2.88 bits per heavy atom. The number of carboxylic acids is 1. The zero-order valence-corrected chi connectivity index (χ0v) is 9.50. The van der Waals surface area contributed by atoms with Gasteiger partial charge in [0.25, 0.3) is 5.91 Å². The van der Waals surface area contributed by atoms with Crippen LogP contribution in [-0.2, 0) is 4.79 Å². The van der Waals surface area contributed by atoms with E-state index in [-0.39, 0.29) is 23.7 Å². The van der Waals surface area contributed by atoms with Gasteiger partial charge in [-0.25, -0.2) is 9.37 Å². The highest BCUT2D eigenvalue weighted by Gasteiger charge is 2.12. The molecule has 0 fully saturated rings. The maximum Gasteiger partial charge on any atom is 0.303 e. The molecule has 0 saturated carbocycles.